The van der Waals surface area contributed by atoms with E-state index in [0.29, 0.717) is 30.6 Å². The van der Waals surface area contributed by atoms with Gasteiger partial charge in [-0.15, -0.1) is 5.10 Å². The summed E-state index contributed by atoms with van der Waals surface area (Å²) in [6, 6.07) is 14.9. The van der Waals surface area contributed by atoms with Crippen molar-refractivity contribution in [3.63, 3.8) is 0 Å². The number of nitrogens with zero attached hydrogens (tertiary/aromatic N) is 3. The van der Waals surface area contributed by atoms with Crippen molar-refractivity contribution in [1.29, 1.82) is 0 Å². The molecule has 4 N–H and O–H groups in total. The van der Waals surface area contributed by atoms with E-state index in [1.54, 1.807) is 18.3 Å². The smallest absolute Gasteiger partial charge is 0.245 e. The topological polar surface area (TPSA) is 140 Å². The van der Waals surface area contributed by atoms with Crippen LogP contribution >= 0.6 is 0 Å². The van der Waals surface area contributed by atoms with Gasteiger partial charge >= 0.3 is 0 Å². The first-order chi connectivity index (χ1) is 14.4. The number of carbonyl (C=O) groups is 1. The minimum atomic E-state index is -3.78. The average Bonchev–Trinajstić information content (AvgIpc) is 3.22. The molecule has 0 saturated carbocycles. The zero-order valence-corrected chi connectivity index (χ0v) is 17.0. The van der Waals surface area contributed by atoms with Gasteiger partial charge < -0.3 is 10.4 Å². The number of sulfonamides is 1. The number of nitrogens with two attached hydrogens (primary N) is 1. The van der Waals surface area contributed by atoms with Crippen molar-refractivity contribution in [3.8, 4) is 11.3 Å². The summed E-state index contributed by atoms with van der Waals surface area (Å²) in [6.45, 7) is 0.350. The second-order valence-electron chi connectivity index (χ2n) is 6.73. The SMILES string of the molecule is NS(=O)(=O)c1ccc(-c2cn([C@@H](Cc3ccccc3)C(=O)NCCCO)nn2)cc1. The number of aliphatic hydroxyl groups is 1. The van der Waals surface area contributed by atoms with Crippen LogP contribution in [0.2, 0.25) is 0 Å². The van der Waals surface area contributed by atoms with Crippen molar-refractivity contribution >= 4 is 15.9 Å². The molecule has 3 aromatic rings. The third kappa shape index (κ3) is 5.50. The van der Waals surface area contributed by atoms with E-state index in [-0.39, 0.29) is 17.4 Å². The number of aromatic nitrogens is 3. The number of amides is 1. The molecule has 0 aliphatic carbocycles. The Hall–Kier alpha value is -3.08. The predicted molar refractivity (Wildman–Crippen MR) is 111 cm³/mol. The maximum absolute atomic E-state index is 12.8. The highest BCUT2D eigenvalue weighted by Crippen LogP contribution is 2.21. The van der Waals surface area contributed by atoms with Gasteiger partial charge in [0.25, 0.3) is 0 Å². The van der Waals surface area contributed by atoms with Crippen LogP contribution in [0.3, 0.4) is 0 Å². The number of rotatable bonds is 9. The molecule has 30 heavy (non-hydrogen) atoms. The Kier molecular flexibility index (Phi) is 6.93. The van der Waals surface area contributed by atoms with Crippen LogP contribution in [0, 0.1) is 0 Å². The lowest BCUT2D eigenvalue weighted by Crippen LogP contribution is -2.35. The molecule has 1 atom stereocenters. The summed E-state index contributed by atoms with van der Waals surface area (Å²) in [5, 5.41) is 25.1. The lowest BCUT2D eigenvalue weighted by atomic mass is 10.1. The molecule has 0 aliphatic rings. The summed E-state index contributed by atoms with van der Waals surface area (Å²) in [6.07, 6.45) is 2.52. The number of hydrogen-bond acceptors (Lipinski definition) is 6. The molecule has 0 aliphatic heterocycles. The molecule has 10 heteroatoms. The van der Waals surface area contributed by atoms with Crippen LogP contribution in [0.25, 0.3) is 11.3 Å². The van der Waals surface area contributed by atoms with E-state index in [1.165, 1.54) is 16.8 Å². The summed E-state index contributed by atoms with van der Waals surface area (Å²) >= 11 is 0. The zero-order valence-electron chi connectivity index (χ0n) is 16.2. The largest absolute Gasteiger partial charge is 0.396 e. The van der Waals surface area contributed by atoms with Crippen LogP contribution in [-0.2, 0) is 21.2 Å². The van der Waals surface area contributed by atoms with Gasteiger partial charge in [-0.2, -0.15) is 0 Å². The van der Waals surface area contributed by atoms with Gasteiger partial charge in [-0.1, -0.05) is 47.7 Å². The van der Waals surface area contributed by atoms with E-state index < -0.39 is 16.1 Å². The highest BCUT2D eigenvalue weighted by molar-refractivity contribution is 7.89. The summed E-state index contributed by atoms with van der Waals surface area (Å²) in [7, 11) is -3.78. The minimum absolute atomic E-state index is 0.00357. The van der Waals surface area contributed by atoms with Gasteiger partial charge in [0.15, 0.2) is 0 Å². The highest BCUT2D eigenvalue weighted by atomic mass is 32.2. The Labute approximate surface area is 174 Å². The van der Waals surface area contributed by atoms with E-state index in [0.717, 1.165) is 5.56 Å². The first-order valence-corrected chi connectivity index (χ1v) is 10.9. The monoisotopic (exact) mass is 429 g/mol. The van der Waals surface area contributed by atoms with Gasteiger partial charge in [0.05, 0.1) is 11.1 Å². The quantitative estimate of drug-likeness (QED) is 0.431. The molecule has 0 unspecified atom stereocenters. The van der Waals surface area contributed by atoms with Crippen molar-refractivity contribution in [2.24, 2.45) is 5.14 Å². The maximum Gasteiger partial charge on any atom is 0.245 e. The number of carbonyl (C=O) groups excluding carboxylic acids is 1. The van der Waals surface area contributed by atoms with E-state index in [2.05, 4.69) is 15.6 Å². The molecule has 2 aromatic carbocycles. The molecule has 0 fully saturated rings. The number of benzene rings is 2. The van der Waals surface area contributed by atoms with E-state index in [9.17, 15) is 13.2 Å². The van der Waals surface area contributed by atoms with Gasteiger partial charge in [-0.05, 0) is 24.1 Å². The number of primary sulfonamides is 1. The van der Waals surface area contributed by atoms with Gasteiger partial charge in [0.2, 0.25) is 15.9 Å². The third-order valence-corrected chi connectivity index (χ3v) is 5.45. The molecule has 9 nitrogen and oxygen atoms in total. The zero-order chi connectivity index (χ0) is 21.6. The second-order valence-corrected chi connectivity index (χ2v) is 8.29. The lowest BCUT2D eigenvalue weighted by Gasteiger charge is -2.17. The Balaban J connectivity index is 1.85. The maximum atomic E-state index is 12.8. The van der Waals surface area contributed by atoms with Gasteiger partial charge in [-0.25, -0.2) is 18.2 Å². The molecule has 3 rings (SSSR count). The molecule has 0 spiro atoms. The molecular weight excluding hydrogens is 406 g/mol. The molecule has 1 aromatic heterocycles. The second kappa shape index (κ2) is 9.61. The van der Waals surface area contributed by atoms with Crippen molar-refractivity contribution < 1.29 is 18.3 Å². The molecule has 0 radical (unpaired) electrons. The number of aliphatic hydroxyl groups excluding tert-OH is 1. The van der Waals surface area contributed by atoms with Crippen LogP contribution in [0.5, 0.6) is 0 Å². The van der Waals surface area contributed by atoms with E-state index in [1.807, 2.05) is 30.3 Å². The standard InChI is InChI=1S/C20H23N5O4S/c21-30(28,29)17-9-7-16(8-10-17)18-14-25(24-23-18)19(20(27)22-11-4-12-26)13-15-5-2-1-3-6-15/h1-3,5-10,14,19,26H,4,11-13H2,(H,22,27)(H2,21,28,29)/t19-/m0/s1. The summed E-state index contributed by atoms with van der Waals surface area (Å²) < 4.78 is 24.3. The van der Waals surface area contributed by atoms with Crippen molar-refractivity contribution in [2.45, 2.75) is 23.8 Å². The lowest BCUT2D eigenvalue weighted by molar-refractivity contribution is -0.124. The van der Waals surface area contributed by atoms with Crippen LogP contribution < -0.4 is 10.5 Å². The highest BCUT2D eigenvalue weighted by Gasteiger charge is 2.23. The van der Waals surface area contributed by atoms with Gasteiger partial charge in [0.1, 0.15) is 11.7 Å². The van der Waals surface area contributed by atoms with Crippen LogP contribution in [0.4, 0.5) is 0 Å². The fourth-order valence-electron chi connectivity index (χ4n) is 2.93. The van der Waals surface area contributed by atoms with Gasteiger partial charge in [-0.3, -0.25) is 4.79 Å². The third-order valence-electron chi connectivity index (χ3n) is 4.52. The minimum Gasteiger partial charge on any atom is -0.396 e. The fraction of sp³-hybridized carbons (Fsp3) is 0.250. The first kappa shape index (κ1) is 21.6. The van der Waals surface area contributed by atoms with Crippen LogP contribution in [-0.4, -0.2) is 47.6 Å². The molecule has 1 amide bonds. The number of hydrogen-bond donors (Lipinski definition) is 3. The van der Waals surface area contributed by atoms with Crippen molar-refractivity contribution in [2.75, 3.05) is 13.2 Å². The van der Waals surface area contributed by atoms with Crippen molar-refractivity contribution in [1.82, 2.24) is 20.3 Å². The Bertz CT molecular complexity index is 1080. The Morgan fingerprint density at radius 2 is 1.83 bits per heavy atom. The van der Waals surface area contributed by atoms with Crippen molar-refractivity contribution in [3.05, 3.63) is 66.4 Å². The molecule has 158 valence electrons. The molecular formula is C20H23N5O4S. The fourth-order valence-corrected chi connectivity index (χ4v) is 3.44. The summed E-state index contributed by atoms with van der Waals surface area (Å²) in [5.74, 6) is -0.228. The van der Waals surface area contributed by atoms with E-state index >= 15 is 0 Å². The molecule has 0 saturated heterocycles. The Morgan fingerprint density at radius 3 is 2.47 bits per heavy atom. The van der Waals surface area contributed by atoms with E-state index in [4.69, 9.17) is 10.2 Å². The predicted octanol–water partition coefficient (Wildman–Crippen LogP) is 0.875. The summed E-state index contributed by atoms with van der Waals surface area (Å²) in [4.78, 5) is 12.8. The molecule has 0 bridgehead atoms. The Morgan fingerprint density at radius 1 is 1.13 bits per heavy atom. The van der Waals surface area contributed by atoms with Gasteiger partial charge in [0, 0.05) is 25.1 Å². The average molecular weight is 430 g/mol. The van der Waals surface area contributed by atoms with Crippen LogP contribution in [0.15, 0.2) is 65.7 Å². The van der Waals surface area contributed by atoms with Crippen LogP contribution in [0.1, 0.15) is 18.0 Å². The first-order valence-electron chi connectivity index (χ1n) is 9.36. The molecule has 1 heterocycles. The number of nitrogens with one attached hydrogen (secondary N) is 1. The summed E-state index contributed by atoms with van der Waals surface area (Å²) in [5.41, 5.74) is 2.11. The normalized spacial score (nSPS) is 12.5.